The molecule has 0 fully saturated rings. The molecule has 0 spiro atoms. The van der Waals surface area contributed by atoms with Crippen LogP contribution in [0.25, 0.3) is 0 Å². The average molecular weight is 180 g/mol. The summed E-state index contributed by atoms with van der Waals surface area (Å²) < 4.78 is 0. The molecule has 0 unspecified atom stereocenters. The standard InChI is InChI=1S/C7H6O3.Ca.2H/c8-6-4-2-1-3-5(6)7(9)10;;;/h1-4,8H,(H,9,10);;;. The number of aromatic hydroxyl groups is 1. The van der Waals surface area contributed by atoms with E-state index in [4.69, 9.17) is 10.2 Å². The number of hydrogen-bond acceptors (Lipinski definition) is 2. The van der Waals surface area contributed by atoms with E-state index in [9.17, 15) is 4.79 Å². The third-order valence-corrected chi connectivity index (χ3v) is 1.13. The molecule has 56 valence electrons. The summed E-state index contributed by atoms with van der Waals surface area (Å²) in [5, 5.41) is 17.3. The molecular formula is C7H8CaO3. The van der Waals surface area contributed by atoms with E-state index >= 15 is 0 Å². The van der Waals surface area contributed by atoms with E-state index in [2.05, 4.69) is 0 Å². The molecule has 0 heterocycles. The molecule has 1 aromatic carbocycles. The number of phenols is 1. The van der Waals surface area contributed by atoms with E-state index in [1.807, 2.05) is 0 Å². The van der Waals surface area contributed by atoms with E-state index in [1.54, 1.807) is 12.1 Å². The molecule has 2 N–H and O–H groups in total. The zero-order chi connectivity index (χ0) is 7.56. The molecule has 0 atom stereocenters. The van der Waals surface area contributed by atoms with Crippen molar-refractivity contribution in [1.29, 1.82) is 0 Å². The Bertz CT molecular complexity index is 260. The number of hydrogen-bond donors (Lipinski definition) is 2. The van der Waals surface area contributed by atoms with Gasteiger partial charge >= 0.3 is 43.7 Å². The van der Waals surface area contributed by atoms with E-state index in [0.29, 0.717) is 0 Å². The fraction of sp³-hybridized carbons (Fsp3) is 0. The van der Waals surface area contributed by atoms with Crippen LogP contribution in [0.1, 0.15) is 10.4 Å². The summed E-state index contributed by atoms with van der Waals surface area (Å²) in [6.45, 7) is 0. The minimum atomic E-state index is -1.11. The van der Waals surface area contributed by atoms with Crippen LogP contribution in [0.5, 0.6) is 5.75 Å². The summed E-state index contributed by atoms with van der Waals surface area (Å²) in [6.07, 6.45) is 0. The normalized spacial score (nSPS) is 8.36. The first-order chi connectivity index (χ1) is 4.72. The van der Waals surface area contributed by atoms with Gasteiger partial charge in [-0.25, -0.2) is 4.79 Å². The number of carbonyl (C=O) groups is 1. The minimum absolute atomic E-state index is 0. The molecule has 11 heavy (non-hydrogen) atoms. The molecule has 0 saturated carbocycles. The summed E-state index contributed by atoms with van der Waals surface area (Å²) in [4.78, 5) is 10.3. The number of carboxylic acid groups (broad SMARTS) is 1. The van der Waals surface area contributed by atoms with E-state index in [-0.39, 0.29) is 49.1 Å². The van der Waals surface area contributed by atoms with Gasteiger partial charge in [0.05, 0.1) is 0 Å². The van der Waals surface area contributed by atoms with Gasteiger partial charge in [0.25, 0.3) is 0 Å². The van der Waals surface area contributed by atoms with Crippen molar-refractivity contribution in [3.63, 3.8) is 0 Å². The Hall–Kier alpha value is -0.250. The molecule has 3 nitrogen and oxygen atoms in total. The molecule has 0 radical (unpaired) electrons. The first kappa shape index (κ1) is 10.7. The summed E-state index contributed by atoms with van der Waals surface area (Å²) >= 11 is 0. The van der Waals surface area contributed by atoms with Crippen LogP contribution in [0.4, 0.5) is 0 Å². The fourth-order valence-corrected chi connectivity index (χ4v) is 0.654. The predicted octanol–water partition coefficient (Wildman–Crippen LogP) is 0.174. The molecule has 0 aromatic heterocycles. The van der Waals surface area contributed by atoms with Gasteiger partial charge in [0.2, 0.25) is 0 Å². The quantitative estimate of drug-likeness (QED) is 0.606. The van der Waals surface area contributed by atoms with E-state index in [1.165, 1.54) is 12.1 Å². The third-order valence-electron chi connectivity index (χ3n) is 1.13. The van der Waals surface area contributed by atoms with Crippen LogP contribution in [0.2, 0.25) is 0 Å². The van der Waals surface area contributed by atoms with Crippen molar-refractivity contribution in [2.24, 2.45) is 0 Å². The summed E-state index contributed by atoms with van der Waals surface area (Å²) in [5.74, 6) is -1.31. The molecule has 0 aliphatic rings. The van der Waals surface area contributed by atoms with Crippen LogP contribution >= 0.6 is 0 Å². The number of carboxylic acids is 1. The van der Waals surface area contributed by atoms with Crippen LogP contribution in [0.3, 0.4) is 0 Å². The Morgan fingerprint density at radius 1 is 1.27 bits per heavy atom. The Labute approximate surface area is 93.7 Å². The van der Waals surface area contributed by atoms with Crippen LogP contribution < -0.4 is 0 Å². The molecule has 1 aromatic rings. The van der Waals surface area contributed by atoms with Crippen molar-refractivity contribution >= 4 is 43.7 Å². The number of rotatable bonds is 1. The second kappa shape index (κ2) is 4.59. The van der Waals surface area contributed by atoms with Crippen molar-refractivity contribution in [2.75, 3.05) is 0 Å². The van der Waals surface area contributed by atoms with Gasteiger partial charge in [-0.3, -0.25) is 0 Å². The molecule has 4 heteroatoms. The summed E-state index contributed by atoms with van der Waals surface area (Å²) in [5.41, 5.74) is -0.0671. The SMILES string of the molecule is O=C(O)c1ccccc1O.[CaH2]. The zero-order valence-electron chi connectivity index (χ0n) is 5.11. The van der Waals surface area contributed by atoms with Crippen LogP contribution in [0, 0.1) is 0 Å². The van der Waals surface area contributed by atoms with Gasteiger partial charge in [0.15, 0.2) is 0 Å². The van der Waals surface area contributed by atoms with Crippen LogP contribution in [0.15, 0.2) is 24.3 Å². The second-order valence-electron chi connectivity index (χ2n) is 1.82. The van der Waals surface area contributed by atoms with Crippen molar-refractivity contribution in [3.05, 3.63) is 29.8 Å². The topological polar surface area (TPSA) is 57.5 Å². The Morgan fingerprint density at radius 2 is 1.82 bits per heavy atom. The van der Waals surface area contributed by atoms with Crippen molar-refractivity contribution in [3.8, 4) is 5.75 Å². The molecule has 0 bridgehead atoms. The monoisotopic (exact) mass is 180 g/mol. The molecule has 1 rings (SSSR count). The van der Waals surface area contributed by atoms with Crippen molar-refractivity contribution < 1.29 is 15.0 Å². The first-order valence-corrected chi connectivity index (χ1v) is 2.73. The Kier molecular flexibility index (Phi) is 4.49. The third kappa shape index (κ3) is 2.69. The van der Waals surface area contributed by atoms with Crippen LogP contribution in [-0.4, -0.2) is 53.9 Å². The Balaban J connectivity index is 0.000001000. The van der Waals surface area contributed by atoms with Gasteiger partial charge in [0, 0.05) is 0 Å². The zero-order valence-corrected chi connectivity index (χ0v) is 5.11. The molecule has 0 saturated heterocycles. The number of benzene rings is 1. The molecular weight excluding hydrogens is 172 g/mol. The maximum absolute atomic E-state index is 10.3. The van der Waals surface area contributed by atoms with E-state index in [0.717, 1.165) is 0 Å². The van der Waals surface area contributed by atoms with E-state index < -0.39 is 5.97 Å². The van der Waals surface area contributed by atoms with Gasteiger partial charge in [-0.1, -0.05) is 12.1 Å². The Morgan fingerprint density at radius 3 is 2.18 bits per heavy atom. The van der Waals surface area contributed by atoms with Gasteiger partial charge in [0.1, 0.15) is 11.3 Å². The maximum atomic E-state index is 10.3. The van der Waals surface area contributed by atoms with Crippen molar-refractivity contribution in [1.82, 2.24) is 0 Å². The fourth-order valence-electron chi connectivity index (χ4n) is 0.654. The molecule has 0 aliphatic carbocycles. The average Bonchev–Trinajstić information content (AvgIpc) is 1.88. The number of para-hydroxylation sites is 1. The summed E-state index contributed by atoms with van der Waals surface area (Å²) in [7, 11) is 0. The van der Waals surface area contributed by atoms with Gasteiger partial charge < -0.3 is 10.2 Å². The van der Waals surface area contributed by atoms with Crippen molar-refractivity contribution in [2.45, 2.75) is 0 Å². The van der Waals surface area contributed by atoms with Gasteiger partial charge in [-0.15, -0.1) is 0 Å². The second-order valence-corrected chi connectivity index (χ2v) is 1.82. The molecule has 0 aliphatic heterocycles. The first-order valence-electron chi connectivity index (χ1n) is 2.73. The van der Waals surface area contributed by atoms with Gasteiger partial charge in [-0.2, -0.15) is 0 Å². The van der Waals surface area contributed by atoms with Gasteiger partial charge in [-0.05, 0) is 12.1 Å². The van der Waals surface area contributed by atoms with Crippen LogP contribution in [-0.2, 0) is 0 Å². The molecule has 0 amide bonds. The summed E-state index contributed by atoms with van der Waals surface area (Å²) in [6, 6.07) is 5.81. The number of aromatic carboxylic acids is 1. The predicted molar refractivity (Wildman–Crippen MR) is 43.6 cm³/mol.